The highest BCUT2D eigenvalue weighted by molar-refractivity contribution is 5.90. The van der Waals surface area contributed by atoms with E-state index in [2.05, 4.69) is 83.1 Å². The van der Waals surface area contributed by atoms with Crippen LogP contribution in [0.3, 0.4) is 0 Å². The van der Waals surface area contributed by atoms with E-state index in [0.29, 0.717) is 18.4 Å². The molecule has 1 atom stereocenters. The number of hydrogen-bond donors (Lipinski definition) is 2. The molecule has 2 N–H and O–H groups in total. The largest absolute Gasteiger partial charge is 0.359 e. The zero-order valence-corrected chi connectivity index (χ0v) is 22.1. The van der Waals surface area contributed by atoms with Gasteiger partial charge in [0.05, 0.1) is 16.7 Å². The van der Waals surface area contributed by atoms with E-state index in [1.165, 1.54) is 11.1 Å². The van der Waals surface area contributed by atoms with Crippen molar-refractivity contribution < 1.29 is 4.79 Å². The number of fused-ring (bicyclic) bond motifs is 2. The van der Waals surface area contributed by atoms with Crippen LogP contribution in [0.25, 0.3) is 27.9 Å². The molecule has 4 aromatic rings. The Hall–Kier alpha value is -3.46. The van der Waals surface area contributed by atoms with Gasteiger partial charge in [0.2, 0.25) is 5.91 Å². The van der Waals surface area contributed by atoms with Gasteiger partial charge in [-0.1, -0.05) is 13.8 Å². The Morgan fingerprint density at radius 3 is 2.75 bits per heavy atom. The van der Waals surface area contributed by atoms with Crippen LogP contribution in [0.4, 0.5) is 5.82 Å². The molecule has 0 saturated carbocycles. The van der Waals surface area contributed by atoms with Gasteiger partial charge in [0.25, 0.3) is 0 Å². The maximum Gasteiger partial charge on any atom is 0.221 e. The standard InChI is InChI=1S/C27H36N8O/c1-16(2)24-25(20-14-35-27(29-15-30-35)19(5)18(20)4)31-21-7-8-22(32-26(21)24)34-12-11-33(13-17(34)3)10-9-23(36)28-6/h7-8,14-17,31H,9-13H2,1-6H3,(H,28,36)/t17-/m0/s1. The van der Waals surface area contributed by atoms with Gasteiger partial charge in [0, 0.05) is 63.0 Å². The molecule has 1 fully saturated rings. The number of aromatic nitrogens is 5. The van der Waals surface area contributed by atoms with E-state index in [9.17, 15) is 4.79 Å². The van der Waals surface area contributed by atoms with E-state index in [0.717, 1.165) is 65.5 Å². The number of hydrogen-bond acceptors (Lipinski definition) is 6. The number of H-pyrrole nitrogens is 1. The second-order valence-electron chi connectivity index (χ2n) is 10.2. The van der Waals surface area contributed by atoms with Gasteiger partial charge in [0.15, 0.2) is 5.65 Å². The number of amides is 1. The summed E-state index contributed by atoms with van der Waals surface area (Å²) in [6.45, 7) is 14.5. The molecule has 0 aliphatic carbocycles. The van der Waals surface area contributed by atoms with Crippen LogP contribution < -0.4 is 10.2 Å². The molecule has 0 unspecified atom stereocenters. The van der Waals surface area contributed by atoms with Gasteiger partial charge in [-0.15, -0.1) is 0 Å². The van der Waals surface area contributed by atoms with E-state index in [-0.39, 0.29) is 5.91 Å². The number of carbonyl (C=O) groups is 1. The number of anilines is 1. The summed E-state index contributed by atoms with van der Waals surface area (Å²) in [5.74, 6) is 1.39. The molecule has 36 heavy (non-hydrogen) atoms. The molecule has 1 saturated heterocycles. The summed E-state index contributed by atoms with van der Waals surface area (Å²) in [6.07, 6.45) is 4.21. The zero-order chi connectivity index (χ0) is 25.6. The molecule has 1 aliphatic rings. The highest BCUT2D eigenvalue weighted by Crippen LogP contribution is 2.38. The predicted molar refractivity (Wildman–Crippen MR) is 144 cm³/mol. The minimum absolute atomic E-state index is 0.0927. The Morgan fingerprint density at radius 2 is 2.03 bits per heavy atom. The Balaban J connectivity index is 1.49. The summed E-state index contributed by atoms with van der Waals surface area (Å²) < 4.78 is 1.86. The summed E-state index contributed by atoms with van der Waals surface area (Å²) in [7, 11) is 1.69. The van der Waals surface area contributed by atoms with Crippen molar-refractivity contribution in [3.8, 4) is 11.3 Å². The van der Waals surface area contributed by atoms with Crippen molar-refractivity contribution in [2.45, 2.75) is 53.0 Å². The first-order valence-electron chi connectivity index (χ1n) is 12.8. The Bertz CT molecular complexity index is 1420. The zero-order valence-electron chi connectivity index (χ0n) is 22.1. The molecule has 9 nitrogen and oxygen atoms in total. The van der Waals surface area contributed by atoms with Crippen molar-refractivity contribution in [3.63, 3.8) is 0 Å². The molecule has 4 aromatic heterocycles. The Kier molecular flexibility index (Phi) is 6.42. The van der Waals surface area contributed by atoms with Crippen LogP contribution >= 0.6 is 0 Å². The van der Waals surface area contributed by atoms with Crippen LogP contribution in [0.15, 0.2) is 24.7 Å². The Labute approximate surface area is 211 Å². The first-order valence-corrected chi connectivity index (χ1v) is 12.8. The number of rotatable bonds is 6. The summed E-state index contributed by atoms with van der Waals surface area (Å²) in [6, 6.07) is 4.60. The average Bonchev–Trinajstić information content (AvgIpc) is 3.49. The highest BCUT2D eigenvalue weighted by atomic mass is 16.1. The second kappa shape index (κ2) is 9.54. The minimum Gasteiger partial charge on any atom is -0.359 e. The molecule has 0 radical (unpaired) electrons. The highest BCUT2D eigenvalue weighted by Gasteiger charge is 2.26. The molecule has 9 heteroatoms. The lowest BCUT2D eigenvalue weighted by atomic mass is 9.95. The fraction of sp³-hybridized carbons (Fsp3) is 0.481. The van der Waals surface area contributed by atoms with Gasteiger partial charge in [-0.25, -0.2) is 14.5 Å². The number of aryl methyl sites for hydroxylation is 1. The van der Waals surface area contributed by atoms with Crippen molar-refractivity contribution in [3.05, 3.63) is 41.3 Å². The first-order chi connectivity index (χ1) is 17.3. The van der Waals surface area contributed by atoms with Crippen LogP contribution in [-0.2, 0) is 4.79 Å². The van der Waals surface area contributed by atoms with Crippen molar-refractivity contribution in [1.29, 1.82) is 0 Å². The van der Waals surface area contributed by atoms with Gasteiger partial charge in [-0.05, 0) is 49.9 Å². The summed E-state index contributed by atoms with van der Waals surface area (Å²) in [5.41, 5.74) is 8.77. The smallest absolute Gasteiger partial charge is 0.221 e. The van der Waals surface area contributed by atoms with Gasteiger partial charge >= 0.3 is 0 Å². The summed E-state index contributed by atoms with van der Waals surface area (Å²) >= 11 is 0. The molecular formula is C27H36N8O. The molecule has 0 spiro atoms. The Morgan fingerprint density at radius 1 is 1.22 bits per heavy atom. The molecule has 1 amide bonds. The van der Waals surface area contributed by atoms with E-state index in [1.54, 1.807) is 13.4 Å². The summed E-state index contributed by atoms with van der Waals surface area (Å²) in [4.78, 5) is 29.7. The molecule has 1 aliphatic heterocycles. The first kappa shape index (κ1) is 24.2. The average molecular weight is 489 g/mol. The lowest BCUT2D eigenvalue weighted by Crippen LogP contribution is -2.52. The van der Waals surface area contributed by atoms with Gasteiger partial charge in [-0.2, -0.15) is 5.10 Å². The number of nitrogens with one attached hydrogen (secondary N) is 2. The second-order valence-corrected chi connectivity index (χ2v) is 10.2. The fourth-order valence-electron chi connectivity index (χ4n) is 5.43. The minimum atomic E-state index is 0.0927. The fourth-order valence-corrected chi connectivity index (χ4v) is 5.43. The molecule has 0 aromatic carbocycles. The molecular weight excluding hydrogens is 452 g/mol. The SMILES string of the molecule is CNC(=O)CCN1CCN(c2ccc3[nH]c(-c4cn5ncnc5c(C)c4C)c(C(C)C)c3n2)[C@@H](C)C1. The van der Waals surface area contributed by atoms with Crippen LogP contribution in [0.1, 0.15) is 49.8 Å². The predicted octanol–water partition coefficient (Wildman–Crippen LogP) is 3.66. The molecule has 0 bridgehead atoms. The van der Waals surface area contributed by atoms with E-state index < -0.39 is 0 Å². The van der Waals surface area contributed by atoms with Crippen molar-refractivity contribution in [1.82, 2.24) is 34.8 Å². The topological polar surface area (TPSA) is 94.5 Å². The van der Waals surface area contributed by atoms with Crippen LogP contribution in [0, 0.1) is 13.8 Å². The number of nitrogens with zero attached hydrogens (tertiary/aromatic N) is 6. The third-order valence-electron chi connectivity index (χ3n) is 7.58. The van der Waals surface area contributed by atoms with Crippen molar-refractivity contribution in [2.24, 2.45) is 0 Å². The third kappa shape index (κ3) is 4.21. The van der Waals surface area contributed by atoms with Crippen LogP contribution in [0.2, 0.25) is 0 Å². The normalized spacial score (nSPS) is 17.0. The van der Waals surface area contributed by atoms with E-state index >= 15 is 0 Å². The van der Waals surface area contributed by atoms with Gasteiger partial charge < -0.3 is 15.2 Å². The van der Waals surface area contributed by atoms with Crippen LogP contribution in [-0.4, -0.2) is 74.6 Å². The number of carbonyl (C=O) groups excluding carboxylic acids is 1. The van der Waals surface area contributed by atoms with E-state index in [1.807, 2.05) is 4.52 Å². The maximum atomic E-state index is 11.7. The van der Waals surface area contributed by atoms with Crippen LogP contribution in [0.5, 0.6) is 0 Å². The van der Waals surface area contributed by atoms with E-state index in [4.69, 9.17) is 4.98 Å². The lowest BCUT2D eigenvalue weighted by molar-refractivity contribution is -0.121. The number of pyridine rings is 2. The lowest BCUT2D eigenvalue weighted by Gasteiger charge is -2.40. The van der Waals surface area contributed by atoms with Crippen molar-refractivity contribution >= 4 is 28.4 Å². The maximum absolute atomic E-state index is 11.7. The van der Waals surface area contributed by atoms with Gasteiger partial charge in [-0.3, -0.25) is 9.69 Å². The van der Waals surface area contributed by atoms with Crippen molar-refractivity contribution in [2.75, 3.05) is 38.1 Å². The van der Waals surface area contributed by atoms with Gasteiger partial charge in [0.1, 0.15) is 12.1 Å². The molecule has 190 valence electrons. The summed E-state index contributed by atoms with van der Waals surface area (Å²) in [5, 5.41) is 7.11. The number of piperazine rings is 1. The third-order valence-corrected chi connectivity index (χ3v) is 7.58. The molecule has 5 heterocycles. The number of aromatic amines is 1. The quantitative estimate of drug-likeness (QED) is 0.430. The monoisotopic (exact) mass is 488 g/mol. The molecule has 5 rings (SSSR count).